The maximum absolute atomic E-state index is 11.2. The van der Waals surface area contributed by atoms with Crippen molar-refractivity contribution in [1.29, 1.82) is 0 Å². The van der Waals surface area contributed by atoms with Gasteiger partial charge in [0, 0.05) is 11.5 Å². The molecule has 6 amide bonds. The van der Waals surface area contributed by atoms with Crippen molar-refractivity contribution in [2.24, 2.45) is 0 Å². The number of carbonyl (C=O) groups excluding carboxylic acids is 4. The Hall–Kier alpha value is -1.42. The SMILES string of the molecule is O=C1NC(=O)[C@H](CSSC[C@H]2NC(=O)NC2=O)N1. The second-order valence-electron chi connectivity index (χ2n) is 3.60. The third-order valence-electron chi connectivity index (χ3n) is 2.27. The molecule has 0 radical (unpaired) electrons. The topological polar surface area (TPSA) is 116 Å². The summed E-state index contributed by atoms with van der Waals surface area (Å²) < 4.78 is 0. The Bertz CT molecular complexity index is 378. The molecule has 0 spiro atoms. The molecule has 18 heavy (non-hydrogen) atoms. The Kier molecular flexibility index (Phi) is 3.97. The largest absolute Gasteiger partial charge is 0.325 e. The molecule has 0 aromatic heterocycles. The number of hydrogen-bond donors (Lipinski definition) is 4. The highest BCUT2D eigenvalue weighted by atomic mass is 33.1. The minimum atomic E-state index is -0.540. The van der Waals surface area contributed by atoms with E-state index in [1.54, 1.807) is 0 Å². The molecule has 2 heterocycles. The minimum absolute atomic E-state index is 0.347. The summed E-state index contributed by atoms with van der Waals surface area (Å²) in [5.41, 5.74) is 0. The van der Waals surface area contributed by atoms with Crippen LogP contribution < -0.4 is 21.3 Å². The van der Waals surface area contributed by atoms with Crippen molar-refractivity contribution in [3.05, 3.63) is 0 Å². The highest BCUT2D eigenvalue weighted by Crippen LogP contribution is 2.24. The van der Waals surface area contributed by atoms with Crippen LogP contribution in [0.2, 0.25) is 0 Å². The van der Waals surface area contributed by atoms with Crippen LogP contribution in [0.3, 0.4) is 0 Å². The molecule has 2 rings (SSSR count). The van der Waals surface area contributed by atoms with Crippen LogP contribution in [0.1, 0.15) is 0 Å². The normalized spacial score (nSPS) is 26.7. The van der Waals surface area contributed by atoms with Gasteiger partial charge in [0.1, 0.15) is 12.1 Å². The summed E-state index contributed by atoms with van der Waals surface area (Å²) >= 11 is 0. The summed E-state index contributed by atoms with van der Waals surface area (Å²) in [6.45, 7) is 0. The van der Waals surface area contributed by atoms with Crippen LogP contribution in [0, 0.1) is 0 Å². The second-order valence-corrected chi connectivity index (χ2v) is 6.15. The minimum Gasteiger partial charge on any atom is -0.325 e. The monoisotopic (exact) mass is 290 g/mol. The number of rotatable bonds is 5. The fraction of sp³-hybridized carbons (Fsp3) is 0.500. The van der Waals surface area contributed by atoms with Crippen molar-refractivity contribution in [1.82, 2.24) is 21.3 Å². The van der Waals surface area contributed by atoms with Gasteiger partial charge >= 0.3 is 12.1 Å². The van der Waals surface area contributed by atoms with Crippen molar-refractivity contribution >= 4 is 45.5 Å². The van der Waals surface area contributed by atoms with Gasteiger partial charge in [0.05, 0.1) is 0 Å². The second kappa shape index (κ2) is 5.48. The van der Waals surface area contributed by atoms with Gasteiger partial charge in [-0.15, -0.1) is 0 Å². The molecule has 0 saturated carbocycles. The highest BCUT2D eigenvalue weighted by Gasteiger charge is 2.31. The molecule has 4 N–H and O–H groups in total. The third-order valence-corrected chi connectivity index (χ3v) is 4.69. The van der Waals surface area contributed by atoms with Gasteiger partial charge in [0.2, 0.25) is 0 Å². The Morgan fingerprint density at radius 2 is 1.17 bits per heavy atom. The van der Waals surface area contributed by atoms with E-state index >= 15 is 0 Å². The van der Waals surface area contributed by atoms with E-state index in [-0.39, 0.29) is 11.8 Å². The van der Waals surface area contributed by atoms with Gasteiger partial charge in [-0.25, -0.2) is 9.59 Å². The van der Waals surface area contributed by atoms with Gasteiger partial charge in [-0.2, -0.15) is 0 Å². The molecule has 0 aromatic rings. The quantitative estimate of drug-likeness (QED) is 0.287. The van der Waals surface area contributed by atoms with Gasteiger partial charge in [-0.1, -0.05) is 21.6 Å². The molecule has 2 aliphatic rings. The zero-order valence-electron chi connectivity index (χ0n) is 9.02. The van der Waals surface area contributed by atoms with Crippen LogP contribution in [0.25, 0.3) is 0 Å². The molecule has 0 unspecified atom stereocenters. The zero-order valence-corrected chi connectivity index (χ0v) is 10.7. The lowest BCUT2D eigenvalue weighted by Crippen LogP contribution is -2.32. The summed E-state index contributed by atoms with van der Waals surface area (Å²) in [6, 6.07) is -2.06. The van der Waals surface area contributed by atoms with E-state index in [2.05, 4.69) is 21.3 Å². The number of urea groups is 2. The lowest BCUT2D eigenvalue weighted by atomic mass is 10.3. The van der Waals surface area contributed by atoms with E-state index < -0.39 is 24.1 Å². The lowest BCUT2D eigenvalue weighted by molar-refractivity contribution is -0.120. The zero-order chi connectivity index (χ0) is 13.1. The predicted octanol–water partition coefficient (Wildman–Crippen LogP) is -1.22. The maximum Gasteiger partial charge on any atom is 0.322 e. The van der Waals surface area contributed by atoms with E-state index in [0.29, 0.717) is 11.5 Å². The molecular weight excluding hydrogens is 280 g/mol. The van der Waals surface area contributed by atoms with Gasteiger partial charge in [0.15, 0.2) is 0 Å². The van der Waals surface area contributed by atoms with Crippen LogP contribution >= 0.6 is 21.6 Å². The summed E-state index contributed by atoms with van der Waals surface area (Å²) in [5, 5.41) is 9.19. The van der Waals surface area contributed by atoms with E-state index in [4.69, 9.17) is 0 Å². The van der Waals surface area contributed by atoms with E-state index in [1.807, 2.05) is 0 Å². The average molecular weight is 290 g/mol. The number of imide groups is 2. The molecule has 8 nitrogen and oxygen atoms in total. The Morgan fingerprint density at radius 1 is 0.778 bits per heavy atom. The fourth-order valence-corrected chi connectivity index (χ4v) is 3.71. The molecule has 98 valence electrons. The Morgan fingerprint density at radius 3 is 1.44 bits per heavy atom. The van der Waals surface area contributed by atoms with Crippen LogP contribution in [0.5, 0.6) is 0 Å². The van der Waals surface area contributed by atoms with Gasteiger partial charge in [0.25, 0.3) is 11.8 Å². The molecule has 10 heteroatoms. The van der Waals surface area contributed by atoms with E-state index in [0.717, 1.165) is 0 Å². The molecule has 2 atom stereocenters. The molecule has 0 aromatic carbocycles. The van der Waals surface area contributed by atoms with E-state index in [1.165, 1.54) is 21.6 Å². The summed E-state index contributed by atoms with van der Waals surface area (Å²) in [7, 11) is 2.71. The van der Waals surface area contributed by atoms with Crippen molar-refractivity contribution in [3.8, 4) is 0 Å². The fourth-order valence-electron chi connectivity index (χ4n) is 1.38. The first-order valence-electron chi connectivity index (χ1n) is 5.03. The molecule has 2 saturated heterocycles. The smallest absolute Gasteiger partial charge is 0.322 e. The van der Waals surface area contributed by atoms with Crippen molar-refractivity contribution in [2.45, 2.75) is 12.1 Å². The Labute approximate surface area is 110 Å². The van der Waals surface area contributed by atoms with Gasteiger partial charge < -0.3 is 10.6 Å². The van der Waals surface area contributed by atoms with Crippen LogP contribution in [-0.4, -0.2) is 47.5 Å². The molecule has 2 fully saturated rings. The lowest BCUT2D eigenvalue weighted by Gasteiger charge is -2.08. The van der Waals surface area contributed by atoms with Crippen LogP contribution in [-0.2, 0) is 9.59 Å². The van der Waals surface area contributed by atoms with E-state index in [9.17, 15) is 19.2 Å². The van der Waals surface area contributed by atoms with Crippen molar-refractivity contribution in [2.75, 3.05) is 11.5 Å². The molecule has 0 aliphatic carbocycles. The Balaban J connectivity index is 1.64. The predicted molar refractivity (Wildman–Crippen MR) is 65.8 cm³/mol. The number of nitrogens with one attached hydrogen (secondary N) is 4. The number of amides is 6. The molecule has 0 bridgehead atoms. The molecular formula is C8H10N4O4S2. The standard InChI is InChI=1S/C8H10N4O4S2/c13-5-3(9-7(15)11-5)1-17-18-2-4-6(14)12-8(16)10-4/h3-4H,1-2H2,(H2,9,11,13,15)(H2,10,12,14,16)/t3-,4+. The summed E-state index contributed by atoms with van der Waals surface area (Å²) in [6.07, 6.45) is 0. The number of carbonyl (C=O) groups is 4. The van der Waals surface area contributed by atoms with Crippen LogP contribution in [0.4, 0.5) is 9.59 Å². The first-order valence-corrected chi connectivity index (χ1v) is 7.52. The summed E-state index contributed by atoms with van der Waals surface area (Å²) in [4.78, 5) is 44.0. The first kappa shape index (κ1) is 13.0. The highest BCUT2D eigenvalue weighted by molar-refractivity contribution is 8.76. The van der Waals surface area contributed by atoms with Gasteiger partial charge in [-0.3, -0.25) is 20.2 Å². The molecule has 2 aliphatic heterocycles. The van der Waals surface area contributed by atoms with Crippen LogP contribution in [0.15, 0.2) is 0 Å². The first-order chi connectivity index (χ1) is 8.56. The van der Waals surface area contributed by atoms with Gasteiger partial charge in [-0.05, 0) is 0 Å². The average Bonchev–Trinajstić information content (AvgIpc) is 2.77. The maximum atomic E-state index is 11.2. The number of hydrogen-bond acceptors (Lipinski definition) is 6. The van der Waals surface area contributed by atoms with Crippen molar-refractivity contribution in [3.63, 3.8) is 0 Å². The summed E-state index contributed by atoms with van der Waals surface area (Å²) in [5.74, 6) is 0.120. The third kappa shape index (κ3) is 3.07. The van der Waals surface area contributed by atoms with Crippen molar-refractivity contribution < 1.29 is 19.2 Å².